The molecule has 0 radical (unpaired) electrons. The zero-order chi connectivity index (χ0) is 20.6. The smallest absolute Gasteiger partial charge is 0.268 e. The molecule has 0 bridgehead atoms. The molecular weight excluding hydrogens is 453 g/mol. The van der Waals surface area contributed by atoms with E-state index in [-0.39, 0.29) is 16.0 Å². The van der Waals surface area contributed by atoms with E-state index in [1.54, 1.807) is 4.90 Å². The third-order valence-electron chi connectivity index (χ3n) is 4.33. The minimum atomic E-state index is -4.57. The van der Waals surface area contributed by atoms with Crippen molar-refractivity contribution in [1.29, 1.82) is 0 Å². The quantitative estimate of drug-likeness (QED) is 0.648. The van der Waals surface area contributed by atoms with E-state index in [2.05, 4.69) is 4.98 Å². The van der Waals surface area contributed by atoms with Crippen molar-refractivity contribution >= 4 is 56.1 Å². The topological polar surface area (TPSA) is 65.5 Å². The van der Waals surface area contributed by atoms with Gasteiger partial charge in [-0.25, -0.2) is 22.2 Å². The van der Waals surface area contributed by atoms with Crippen LogP contribution in [0.1, 0.15) is 6.42 Å². The van der Waals surface area contributed by atoms with Crippen LogP contribution in [0.5, 0.6) is 0 Å². The van der Waals surface area contributed by atoms with Crippen molar-refractivity contribution in [3.05, 3.63) is 32.6 Å². The molecule has 1 aliphatic rings. The number of rotatable bonds is 6. The summed E-state index contributed by atoms with van der Waals surface area (Å²) in [6.45, 7) is 2.00. The summed E-state index contributed by atoms with van der Waals surface area (Å²) in [5.41, 5.74) is 0.147. The standard InChI is InChI=1S/C16H18Cl2F2N4O2S2/c1-23(2)6-9-3-4-24(7-9)11-5-10(19)15(14(20)13(11)17)28(25,26)22-12-8-27-16(18)21-12/h5,8-9,22H,3-4,6-7H2,1-2H3. The van der Waals surface area contributed by atoms with Gasteiger partial charge in [-0.1, -0.05) is 23.2 Å². The van der Waals surface area contributed by atoms with Crippen LogP contribution in [-0.2, 0) is 10.0 Å². The highest BCUT2D eigenvalue weighted by Gasteiger charge is 2.32. The number of hydrogen-bond acceptors (Lipinski definition) is 6. The van der Waals surface area contributed by atoms with Crippen molar-refractivity contribution in [1.82, 2.24) is 9.88 Å². The lowest BCUT2D eigenvalue weighted by Gasteiger charge is -2.22. The van der Waals surface area contributed by atoms with Crippen molar-refractivity contribution in [2.24, 2.45) is 5.92 Å². The van der Waals surface area contributed by atoms with Crippen LogP contribution in [0, 0.1) is 17.6 Å². The van der Waals surface area contributed by atoms with Gasteiger partial charge in [-0.3, -0.25) is 4.72 Å². The summed E-state index contributed by atoms with van der Waals surface area (Å²) in [5, 5.41) is 0.893. The molecule has 1 aromatic heterocycles. The first-order chi connectivity index (χ1) is 13.1. The molecule has 1 aliphatic heterocycles. The third-order valence-corrected chi connectivity index (χ3v) is 7.06. The number of aromatic nitrogens is 1. The van der Waals surface area contributed by atoms with E-state index < -0.39 is 31.6 Å². The van der Waals surface area contributed by atoms with E-state index >= 15 is 0 Å². The zero-order valence-corrected chi connectivity index (χ0v) is 18.2. The Morgan fingerprint density at radius 2 is 2.11 bits per heavy atom. The lowest BCUT2D eigenvalue weighted by Crippen LogP contribution is -2.26. The van der Waals surface area contributed by atoms with Gasteiger partial charge in [-0.05, 0) is 26.4 Å². The number of halogens is 4. The number of hydrogen-bond donors (Lipinski definition) is 1. The molecule has 0 saturated carbocycles. The molecule has 6 nitrogen and oxygen atoms in total. The molecule has 1 aromatic carbocycles. The molecule has 1 N–H and O–H groups in total. The van der Waals surface area contributed by atoms with Gasteiger partial charge in [0, 0.05) is 31.1 Å². The van der Waals surface area contributed by atoms with Gasteiger partial charge in [0.15, 0.2) is 21.0 Å². The van der Waals surface area contributed by atoms with E-state index in [1.807, 2.05) is 23.7 Å². The fraction of sp³-hybridized carbons (Fsp3) is 0.438. The maximum Gasteiger partial charge on any atom is 0.268 e. The Morgan fingerprint density at radius 3 is 2.71 bits per heavy atom. The Labute approximate surface area is 176 Å². The molecule has 3 rings (SSSR count). The summed E-state index contributed by atoms with van der Waals surface area (Å²) >= 11 is 12.7. The molecule has 1 unspecified atom stereocenters. The van der Waals surface area contributed by atoms with Gasteiger partial charge >= 0.3 is 0 Å². The van der Waals surface area contributed by atoms with Crippen LogP contribution in [-0.4, -0.2) is 52.0 Å². The molecule has 28 heavy (non-hydrogen) atoms. The van der Waals surface area contributed by atoms with Crippen molar-refractivity contribution in [3.8, 4) is 0 Å². The second kappa shape index (κ2) is 8.27. The van der Waals surface area contributed by atoms with Crippen LogP contribution in [0.3, 0.4) is 0 Å². The summed E-state index contributed by atoms with van der Waals surface area (Å²) in [4.78, 5) is 6.39. The van der Waals surface area contributed by atoms with E-state index in [9.17, 15) is 17.2 Å². The number of nitrogens with zero attached hydrogens (tertiary/aromatic N) is 3. The van der Waals surface area contributed by atoms with Gasteiger partial charge in [-0.15, -0.1) is 11.3 Å². The summed E-state index contributed by atoms with van der Waals surface area (Å²) < 4.78 is 56.5. The molecule has 2 heterocycles. The van der Waals surface area contributed by atoms with Crippen LogP contribution in [0.2, 0.25) is 9.49 Å². The van der Waals surface area contributed by atoms with Crippen LogP contribution in [0.4, 0.5) is 20.3 Å². The maximum atomic E-state index is 14.8. The molecule has 2 aromatic rings. The molecule has 0 aliphatic carbocycles. The average Bonchev–Trinajstić information content (AvgIpc) is 3.18. The average molecular weight is 471 g/mol. The minimum Gasteiger partial charge on any atom is -0.370 e. The van der Waals surface area contributed by atoms with E-state index in [0.29, 0.717) is 19.0 Å². The molecule has 12 heteroatoms. The van der Waals surface area contributed by atoms with Crippen LogP contribution < -0.4 is 9.62 Å². The number of sulfonamides is 1. The van der Waals surface area contributed by atoms with Gasteiger partial charge in [0.2, 0.25) is 0 Å². The second-order valence-corrected chi connectivity index (χ2v) is 10.2. The fourth-order valence-electron chi connectivity index (χ4n) is 3.25. The van der Waals surface area contributed by atoms with E-state index in [0.717, 1.165) is 30.4 Å². The van der Waals surface area contributed by atoms with Gasteiger partial charge in [0.25, 0.3) is 10.0 Å². The molecule has 0 spiro atoms. The van der Waals surface area contributed by atoms with Crippen molar-refractivity contribution < 1.29 is 17.2 Å². The van der Waals surface area contributed by atoms with Crippen molar-refractivity contribution in [2.45, 2.75) is 11.3 Å². The summed E-state index contributed by atoms with van der Waals surface area (Å²) in [6, 6.07) is 0.964. The SMILES string of the molecule is CN(C)CC1CCN(c2cc(F)c(S(=O)(=O)Nc3csc(Cl)n3)c(F)c2Cl)C1. The lowest BCUT2D eigenvalue weighted by atomic mass is 10.1. The number of nitrogens with one attached hydrogen (secondary N) is 1. The summed E-state index contributed by atoms with van der Waals surface area (Å²) in [5.74, 6) is -2.35. The molecule has 1 atom stereocenters. The van der Waals surface area contributed by atoms with Crippen molar-refractivity contribution in [3.63, 3.8) is 0 Å². The first-order valence-electron chi connectivity index (χ1n) is 8.29. The van der Waals surface area contributed by atoms with Gasteiger partial charge in [0.1, 0.15) is 10.8 Å². The summed E-state index contributed by atoms with van der Waals surface area (Å²) in [6.07, 6.45) is 0.851. The largest absolute Gasteiger partial charge is 0.370 e. The van der Waals surface area contributed by atoms with Gasteiger partial charge in [0.05, 0.1) is 5.69 Å². The monoisotopic (exact) mass is 470 g/mol. The summed E-state index contributed by atoms with van der Waals surface area (Å²) in [7, 11) is -0.664. The van der Waals surface area contributed by atoms with Crippen molar-refractivity contribution in [2.75, 3.05) is 43.4 Å². The first kappa shape index (κ1) is 21.5. The molecule has 1 saturated heterocycles. The Kier molecular flexibility index (Phi) is 6.35. The first-order valence-corrected chi connectivity index (χ1v) is 11.4. The maximum absolute atomic E-state index is 14.8. The van der Waals surface area contributed by atoms with E-state index in [1.165, 1.54) is 5.38 Å². The van der Waals surface area contributed by atoms with Crippen LogP contribution in [0.15, 0.2) is 16.3 Å². The highest BCUT2D eigenvalue weighted by Crippen LogP contribution is 2.37. The van der Waals surface area contributed by atoms with Gasteiger partial charge in [-0.2, -0.15) is 0 Å². The Bertz CT molecular complexity index is 985. The number of thiazole rings is 1. The predicted molar refractivity (Wildman–Crippen MR) is 108 cm³/mol. The highest BCUT2D eigenvalue weighted by molar-refractivity contribution is 7.92. The lowest BCUT2D eigenvalue weighted by molar-refractivity contribution is 0.340. The molecule has 1 fully saturated rings. The third kappa shape index (κ3) is 4.51. The molecule has 0 amide bonds. The van der Waals surface area contributed by atoms with E-state index in [4.69, 9.17) is 23.2 Å². The van der Waals surface area contributed by atoms with Gasteiger partial charge < -0.3 is 9.80 Å². The van der Waals surface area contributed by atoms with Crippen LogP contribution in [0.25, 0.3) is 0 Å². The molecular formula is C16H18Cl2F2N4O2S2. The minimum absolute atomic E-state index is 0.0911. The fourth-order valence-corrected chi connectivity index (χ4v) is 5.48. The zero-order valence-electron chi connectivity index (χ0n) is 15.0. The van der Waals surface area contributed by atoms with Crippen LogP contribution >= 0.6 is 34.5 Å². The Hall–Kier alpha value is -1.20. The second-order valence-electron chi connectivity index (χ2n) is 6.79. The number of benzene rings is 1. The Morgan fingerprint density at radius 1 is 1.39 bits per heavy atom. The normalized spacial score (nSPS) is 17.5. The molecule has 154 valence electrons. The highest BCUT2D eigenvalue weighted by atomic mass is 35.5. The predicted octanol–water partition coefficient (Wildman–Crippen LogP) is 3.92. The Balaban J connectivity index is 1.90. The number of anilines is 2.